The van der Waals surface area contributed by atoms with Crippen LogP contribution in [-0.4, -0.2) is 11.8 Å². The fourth-order valence-corrected chi connectivity index (χ4v) is 5.68. The lowest BCUT2D eigenvalue weighted by atomic mass is 9.72. The number of anilines is 2. The molecule has 0 bridgehead atoms. The minimum Gasteiger partial charge on any atom is -0.322 e. The summed E-state index contributed by atoms with van der Waals surface area (Å²) in [5, 5.41) is 6.74. The molecule has 1 aromatic heterocycles. The van der Waals surface area contributed by atoms with Crippen molar-refractivity contribution in [2.45, 2.75) is 53.9 Å². The van der Waals surface area contributed by atoms with Gasteiger partial charge in [0.2, 0.25) is 0 Å². The van der Waals surface area contributed by atoms with Gasteiger partial charge in [-0.2, -0.15) is 0 Å². The second kappa shape index (κ2) is 9.14. The molecule has 0 fully saturated rings. The van der Waals surface area contributed by atoms with E-state index in [-0.39, 0.29) is 17.2 Å². The van der Waals surface area contributed by atoms with Crippen LogP contribution in [0.1, 0.15) is 69.5 Å². The number of aryl methyl sites for hydroxylation is 2. The summed E-state index contributed by atoms with van der Waals surface area (Å²) in [6, 6.07) is 15.3. The fourth-order valence-electron chi connectivity index (χ4n) is 4.36. The molecule has 2 aromatic carbocycles. The van der Waals surface area contributed by atoms with Gasteiger partial charge < -0.3 is 10.6 Å². The molecule has 1 aliphatic carbocycles. The van der Waals surface area contributed by atoms with Crippen LogP contribution in [0.2, 0.25) is 0 Å². The molecular formula is C28H32N2O2S. The van der Waals surface area contributed by atoms with E-state index in [1.807, 2.05) is 62.4 Å². The second-order valence-corrected chi connectivity index (χ2v) is 11.3. The Bertz CT molecular complexity index is 1170. The highest BCUT2D eigenvalue weighted by molar-refractivity contribution is 7.17. The molecule has 4 rings (SSSR count). The Morgan fingerprint density at radius 2 is 1.48 bits per heavy atom. The molecule has 1 aliphatic rings. The van der Waals surface area contributed by atoms with Gasteiger partial charge in [-0.05, 0) is 74.3 Å². The lowest BCUT2D eigenvalue weighted by molar-refractivity contribution is 0.102. The Morgan fingerprint density at radius 3 is 2.09 bits per heavy atom. The van der Waals surface area contributed by atoms with E-state index in [1.54, 1.807) is 11.3 Å². The van der Waals surface area contributed by atoms with Gasteiger partial charge in [0.25, 0.3) is 11.8 Å². The van der Waals surface area contributed by atoms with Crippen molar-refractivity contribution in [3.63, 3.8) is 0 Å². The highest BCUT2D eigenvalue weighted by atomic mass is 32.1. The monoisotopic (exact) mass is 460 g/mol. The van der Waals surface area contributed by atoms with Crippen molar-refractivity contribution in [2.24, 2.45) is 11.3 Å². The van der Waals surface area contributed by atoms with E-state index in [2.05, 4.69) is 31.4 Å². The van der Waals surface area contributed by atoms with Gasteiger partial charge in [0, 0.05) is 16.1 Å². The molecule has 33 heavy (non-hydrogen) atoms. The highest BCUT2D eigenvalue weighted by Crippen LogP contribution is 2.44. The first-order valence-electron chi connectivity index (χ1n) is 11.5. The smallest absolute Gasteiger partial charge is 0.258 e. The molecule has 0 unspecified atom stereocenters. The Hall–Kier alpha value is -2.92. The largest absolute Gasteiger partial charge is 0.322 e. The fraction of sp³-hybridized carbons (Fsp3) is 0.357. The maximum Gasteiger partial charge on any atom is 0.258 e. The lowest BCUT2D eigenvalue weighted by Gasteiger charge is -2.33. The standard InChI is InChI=1S/C28H32N2O2S/c1-17-6-10-19(11-7-17)25(31)30-27-24(26(32)29-21-13-8-18(2)9-14-21)22-15-12-20(28(3,4)5)16-23(22)33-27/h6-11,13-14,20H,12,15-16H2,1-5H3,(H,29,32)(H,30,31)/t20-/m0/s1. The van der Waals surface area contributed by atoms with E-state index in [1.165, 1.54) is 4.88 Å². The lowest BCUT2D eigenvalue weighted by Crippen LogP contribution is -2.27. The van der Waals surface area contributed by atoms with Crippen LogP contribution in [0.25, 0.3) is 0 Å². The van der Waals surface area contributed by atoms with Gasteiger partial charge >= 0.3 is 0 Å². The molecule has 172 valence electrons. The number of hydrogen-bond acceptors (Lipinski definition) is 3. The number of fused-ring (bicyclic) bond motifs is 1. The number of carbonyl (C=O) groups is 2. The van der Waals surface area contributed by atoms with E-state index >= 15 is 0 Å². The first-order valence-corrected chi connectivity index (χ1v) is 12.3. The normalized spacial score (nSPS) is 15.6. The SMILES string of the molecule is Cc1ccc(NC(=O)c2c(NC(=O)c3ccc(C)cc3)sc3c2CC[C@H](C(C)(C)C)C3)cc1. The number of amides is 2. The van der Waals surface area contributed by atoms with Gasteiger partial charge in [-0.3, -0.25) is 9.59 Å². The first kappa shape index (κ1) is 23.2. The molecule has 4 nitrogen and oxygen atoms in total. The summed E-state index contributed by atoms with van der Waals surface area (Å²) in [4.78, 5) is 27.7. The Labute approximate surface area is 200 Å². The van der Waals surface area contributed by atoms with Crippen molar-refractivity contribution >= 4 is 33.8 Å². The predicted octanol–water partition coefficient (Wildman–Crippen LogP) is 7.02. The zero-order valence-electron chi connectivity index (χ0n) is 20.0. The van der Waals surface area contributed by atoms with Crippen LogP contribution in [0, 0.1) is 25.2 Å². The number of benzene rings is 2. The summed E-state index contributed by atoms with van der Waals surface area (Å²) >= 11 is 1.56. The van der Waals surface area contributed by atoms with E-state index < -0.39 is 0 Å². The van der Waals surface area contributed by atoms with E-state index in [9.17, 15) is 9.59 Å². The summed E-state index contributed by atoms with van der Waals surface area (Å²) in [5.41, 5.74) is 5.49. The third kappa shape index (κ3) is 5.19. The highest BCUT2D eigenvalue weighted by Gasteiger charge is 2.34. The van der Waals surface area contributed by atoms with Gasteiger partial charge in [0.05, 0.1) is 5.56 Å². The van der Waals surface area contributed by atoms with Crippen molar-refractivity contribution < 1.29 is 9.59 Å². The molecule has 5 heteroatoms. The average molecular weight is 461 g/mol. The first-order chi connectivity index (χ1) is 15.6. The van der Waals surface area contributed by atoms with Gasteiger partial charge in [-0.15, -0.1) is 11.3 Å². The van der Waals surface area contributed by atoms with Crippen LogP contribution in [0.5, 0.6) is 0 Å². The van der Waals surface area contributed by atoms with Crippen LogP contribution in [0.3, 0.4) is 0 Å². The molecule has 0 spiro atoms. The van der Waals surface area contributed by atoms with Gasteiger partial charge in [-0.25, -0.2) is 0 Å². The van der Waals surface area contributed by atoms with Crippen LogP contribution in [0.4, 0.5) is 10.7 Å². The van der Waals surface area contributed by atoms with Crippen LogP contribution in [0.15, 0.2) is 48.5 Å². The van der Waals surface area contributed by atoms with Crippen molar-refractivity contribution in [2.75, 3.05) is 10.6 Å². The Morgan fingerprint density at radius 1 is 0.879 bits per heavy atom. The van der Waals surface area contributed by atoms with Crippen molar-refractivity contribution in [3.05, 3.63) is 81.2 Å². The molecule has 0 saturated carbocycles. The zero-order valence-corrected chi connectivity index (χ0v) is 20.9. The maximum atomic E-state index is 13.4. The molecule has 0 saturated heterocycles. The minimum atomic E-state index is -0.189. The van der Waals surface area contributed by atoms with Crippen LogP contribution < -0.4 is 10.6 Å². The van der Waals surface area contributed by atoms with E-state index in [4.69, 9.17) is 0 Å². The van der Waals surface area contributed by atoms with Gasteiger partial charge in [0.15, 0.2) is 0 Å². The number of nitrogens with one attached hydrogen (secondary N) is 2. The number of rotatable bonds is 4. The molecule has 3 aromatic rings. The third-order valence-corrected chi connectivity index (χ3v) is 7.74. The summed E-state index contributed by atoms with van der Waals surface area (Å²) in [6.07, 6.45) is 2.84. The van der Waals surface area contributed by atoms with E-state index in [0.717, 1.165) is 41.6 Å². The predicted molar refractivity (Wildman–Crippen MR) is 138 cm³/mol. The quantitative estimate of drug-likeness (QED) is 0.439. The average Bonchev–Trinajstić information content (AvgIpc) is 3.12. The zero-order chi connectivity index (χ0) is 23.8. The summed E-state index contributed by atoms with van der Waals surface area (Å²) in [5.74, 6) is 0.201. The molecule has 1 heterocycles. The molecule has 2 amide bonds. The number of hydrogen-bond donors (Lipinski definition) is 2. The van der Waals surface area contributed by atoms with Crippen LogP contribution >= 0.6 is 11.3 Å². The van der Waals surface area contributed by atoms with Crippen molar-refractivity contribution in [1.29, 1.82) is 0 Å². The molecule has 2 N–H and O–H groups in total. The van der Waals surface area contributed by atoms with Crippen molar-refractivity contribution in [1.82, 2.24) is 0 Å². The van der Waals surface area contributed by atoms with Crippen molar-refractivity contribution in [3.8, 4) is 0 Å². The van der Waals surface area contributed by atoms with Gasteiger partial charge in [0.1, 0.15) is 5.00 Å². The molecule has 0 radical (unpaired) electrons. The molecular weight excluding hydrogens is 428 g/mol. The summed E-state index contributed by atoms with van der Waals surface area (Å²) < 4.78 is 0. The Balaban J connectivity index is 1.67. The number of carbonyl (C=O) groups excluding carboxylic acids is 2. The third-order valence-electron chi connectivity index (χ3n) is 6.57. The Kier molecular flexibility index (Phi) is 6.44. The number of thiophene rings is 1. The minimum absolute atomic E-state index is 0.162. The van der Waals surface area contributed by atoms with Crippen LogP contribution in [-0.2, 0) is 12.8 Å². The topological polar surface area (TPSA) is 58.2 Å². The molecule has 1 atom stereocenters. The summed E-state index contributed by atoms with van der Waals surface area (Å²) in [7, 11) is 0. The van der Waals surface area contributed by atoms with E-state index in [0.29, 0.717) is 22.0 Å². The summed E-state index contributed by atoms with van der Waals surface area (Å²) in [6.45, 7) is 10.9. The molecule has 0 aliphatic heterocycles. The second-order valence-electron chi connectivity index (χ2n) is 10.2. The van der Waals surface area contributed by atoms with Gasteiger partial charge in [-0.1, -0.05) is 56.2 Å². The maximum absolute atomic E-state index is 13.4.